The van der Waals surface area contributed by atoms with Gasteiger partial charge < -0.3 is 0 Å². The van der Waals surface area contributed by atoms with Gasteiger partial charge in [0.2, 0.25) is 11.6 Å². The van der Waals surface area contributed by atoms with Crippen molar-refractivity contribution in [2.24, 2.45) is 0 Å². The van der Waals surface area contributed by atoms with E-state index in [9.17, 15) is 9.59 Å². The molecule has 0 aromatic heterocycles. The molecule has 19 heavy (non-hydrogen) atoms. The first-order valence-corrected chi connectivity index (χ1v) is 6.42. The summed E-state index contributed by atoms with van der Waals surface area (Å²) in [6.07, 6.45) is 0. The van der Waals surface area contributed by atoms with E-state index in [1.165, 1.54) is 0 Å². The van der Waals surface area contributed by atoms with Gasteiger partial charge in [-0.3, -0.25) is 9.59 Å². The normalized spacial score (nSPS) is 13.4. The van der Waals surface area contributed by atoms with Crippen LogP contribution >= 0.6 is 0 Å². The molecule has 94 valence electrons. The molecule has 0 spiro atoms. The average molecular weight is 250 g/mol. The van der Waals surface area contributed by atoms with Gasteiger partial charge in [-0.1, -0.05) is 50.2 Å². The van der Waals surface area contributed by atoms with Crippen molar-refractivity contribution in [3.05, 3.63) is 59.2 Å². The summed E-state index contributed by atoms with van der Waals surface area (Å²) in [5.41, 5.74) is 3.86. The lowest BCUT2D eigenvalue weighted by atomic mass is 9.82. The number of carbonyl (C=O) groups excluding carboxylic acids is 2. The third kappa shape index (κ3) is 1.72. The van der Waals surface area contributed by atoms with E-state index in [1.807, 2.05) is 30.3 Å². The van der Waals surface area contributed by atoms with Crippen LogP contribution in [0.4, 0.5) is 0 Å². The highest BCUT2D eigenvalue weighted by Crippen LogP contribution is 2.34. The molecule has 3 rings (SSSR count). The van der Waals surface area contributed by atoms with Gasteiger partial charge in [0.15, 0.2) is 0 Å². The van der Waals surface area contributed by atoms with Crippen molar-refractivity contribution < 1.29 is 9.59 Å². The zero-order valence-electron chi connectivity index (χ0n) is 10.9. The molecule has 0 heterocycles. The fourth-order valence-corrected chi connectivity index (χ4v) is 2.50. The third-order valence-corrected chi connectivity index (χ3v) is 3.62. The molecule has 0 saturated heterocycles. The van der Waals surface area contributed by atoms with Crippen LogP contribution in [0.3, 0.4) is 0 Å². The van der Waals surface area contributed by atoms with Crippen molar-refractivity contribution in [3.8, 4) is 11.1 Å². The summed E-state index contributed by atoms with van der Waals surface area (Å²) in [5, 5.41) is 0. The zero-order valence-corrected chi connectivity index (χ0v) is 10.9. The largest absolute Gasteiger partial charge is 0.285 e. The SMILES string of the molecule is CC(C)c1ccc2c(c1)C(=O)C(=O)c1ccccc1-2. The molecule has 0 aliphatic heterocycles. The Morgan fingerprint density at radius 1 is 0.737 bits per heavy atom. The maximum atomic E-state index is 12.2. The molecule has 1 aliphatic rings. The molecule has 2 aromatic carbocycles. The molecular formula is C17H14O2. The average Bonchev–Trinajstić information content (AvgIpc) is 2.44. The summed E-state index contributed by atoms with van der Waals surface area (Å²) in [5.74, 6) is -0.453. The molecule has 0 fully saturated rings. The molecule has 0 N–H and O–H groups in total. The topological polar surface area (TPSA) is 34.1 Å². The van der Waals surface area contributed by atoms with Crippen LogP contribution in [0.25, 0.3) is 11.1 Å². The summed E-state index contributed by atoms with van der Waals surface area (Å²) >= 11 is 0. The minimum absolute atomic E-state index is 0.338. The minimum Gasteiger partial charge on any atom is -0.285 e. The maximum Gasteiger partial charge on any atom is 0.234 e. The number of hydrogen-bond donors (Lipinski definition) is 0. The second kappa shape index (κ2) is 4.16. The molecule has 0 amide bonds. The van der Waals surface area contributed by atoms with Gasteiger partial charge in [-0.25, -0.2) is 0 Å². The Morgan fingerprint density at radius 3 is 2.00 bits per heavy atom. The molecule has 2 aromatic rings. The number of rotatable bonds is 1. The highest BCUT2D eigenvalue weighted by Gasteiger charge is 2.30. The first-order chi connectivity index (χ1) is 9.09. The van der Waals surface area contributed by atoms with Crippen molar-refractivity contribution in [2.75, 3.05) is 0 Å². The Morgan fingerprint density at radius 2 is 1.32 bits per heavy atom. The number of Topliss-reactive ketones (excluding diaryl/α,β-unsaturated/α-hetero) is 2. The van der Waals surface area contributed by atoms with E-state index in [0.717, 1.165) is 16.7 Å². The molecule has 2 nitrogen and oxygen atoms in total. The summed E-state index contributed by atoms with van der Waals surface area (Å²) in [7, 11) is 0. The maximum absolute atomic E-state index is 12.2. The Balaban J connectivity index is 2.30. The minimum atomic E-state index is -0.399. The first kappa shape index (κ1) is 11.8. The van der Waals surface area contributed by atoms with Crippen LogP contribution in [0.15, 0.2) is 42.5 Å². The van der Waals surface area contributed by atoms with Gasteiger partial charge in [-0.2, -0.15) is 0 Å². The first-order valence-electron chi connectivity index (χ1n) is 6.42. The molecule has 0 radical (unpaired) electrons. The standard InChI is InChI=1S/C17H14O2/c1-10(2)11-7-8-13-12-5-3-4-6-14(12)16(18)17(19)15(13)9-11/h3-10H,1-2H3. The van der Waals surface area contributed by atoms with Gasteiger partial charge in [0.1, 0.15) is 0 Å². The van der Waals surface area contributed by atoms with Crippen LogP contribution in [0, 0.1) is 0 Å². The van der Waals surface area contributed by atoms with Gasteiger partial charge in [-0.05, 0) is 28.7 Å². The fraction of sp³-hybridized carbons (Fsp3) is 0.176. The second-order valence-corrected chi connectivity index (χ2v) is 5.16. The third-order valence-electron chi connectivity index (χ3n) is 3.62. The van der Waals surface area contributed by atoms with Gasteiger partial charge in [0, 0.05) is 11.1 Å². The van der Waals surface area contributed by atoms with Crippen molar-refractivity contribution in [1.82, 2.24) is 0 Å². The highest BCUT2D eigenvalue weighted by atomic mass is 16.2. The molecule has 1 aliphatic carbocycles. The van der Waals surface area contributed by atoms with Crippen molar-refractivity contribution in [3.63, 3.8) is 0 Å². The lowest BCUT2D eigenvalue weighted by molar-refractivity contribution is 0.0815. The van der Waals surface area contributed by atoms with E-state index >= 15 is 0 Å². The summed E-state index contributed by atoms with van der Waals surface area (Å²) in [6.45, 7) is 4.15. The Hall–Kier alpha value is -2.22. The highest BCUT2D eigenvalue weighted by molar-refractivity contribution is 6.53. The summed E-state index contributed by atoms with van der Waals surface area (Å²) in [6, 6.07) is 13.1. The Labute approximate surface area is 112 Å². The number of benzene rings is 2. The molecule has 0 bridgehead atoms. The monoisotopic (exact) mass is 250 g/mol. The van der Waals surface area contributed by atoms with Crippen LogP contribution in [-0.4, -0.2) is 11.6 Å². The van der Waals surface area contributed by atoms with E-state index in [0.29, 0.717) is 17.0 Å². The van der Waals surface area contributed by atoms with Gasteiger partial charge in [-0.15, -0.1) is 0 Å². The number of ketones is 2. The second-order valence-electron chi connectivity index (χ2n) is 5.16. The van der Waals surface area contributed by atoms with Crippen LogP contribution < -0.4 is 0 Å². The number of hydrogen-bond acceptors (Lipinski definition) is 2. The smallest absolute Gasteiger partial charge is 0.234 e. The molecule has 0 saturated carbocycles. The lowest BCUT2D eigenvalue weighted by Gasteiger charge is -2.19. The van der Waals surface area contributed by atoms with Crippen LogP contribution in [-0.2, 0) is 0 Å². The predicted octanol–water partition coefficient (Wildman–Crippen LogP) is 3.86. The van der Waals surface area contributed by atoms with E-state index in [-0.39, 0.29) is 0 Å². The zero-order chi connectivity index (χ0) is 13.6. The van der Waals surface area contributed by atoms with E-state index < -0.39 is 11.6 Å². The van der Waals surface area contributed by atoms with E-state index in [1.54, 1.807) is 12.1 Å². The summed E-state index contributed by atoms with van der Waals surface area (Å²) in [4.78, 5) is 24.3. The van der Waals surface area contributed by atoms with Gasteiger partial charge in [0.05, 0.1) is 0 Å². The van der Waals surface area contributed by atoms with Crippen LogP contribution in [0.2, 0.25) is 0 Å². The molecule has 0 unspecified atom stereocenters. The van der Waals surface area contributed by atoms with Crippen molar-refractivity contribution >= 4 is 11.6 Å². The van der Waals surface area contributed by atoms with E-state index in [4.69, 9.17) is 0 Å². The van der Waals surface area contributed by atoms with Crippen molar-refractivity contribution in [2.45, 2.75) is 19.8 Å². The number of fused-ring (bicyclic) bond motifs is 3. The summed E-state index contributed by atoms with van der Waals surface area (Å²) < 4.78 is 0. The lowest BCUT2D eigenvalue weighted by Crippen LogP contribution is -2.21. The predicted molar refractivity (Wildman–Crippen MR) is 74.6 cm³/mol. The molecule has 0 atom stereocenters. The number of carbonyl (C=O) groups is 2. The Kier molecular flexibility index (Phi) is 2.59. The molecule has 2 heteroatoms. The fourth-order valence-electron chi connectivity index (χ4n) is 2.50. The van der Waals surface area contributed by atoms with Crippen molar-refractivity contribution in [1.29, 1.82) is 0 Å². The van der Waals surface area contributed by atoms with Gasteiger partial charge in [0.25, 0.3) is 0 Å². The van der Waals surface area contributed by atoms with Crippen LogP contribution in [0.5, 0.6) is 0 Å². The van der Waals surface area contributed by atoms with Crippen LogP contribution in [0.1, 0.15) is 46.0 Å². The molecular weight excluding hydrogens is 236 g/mol. The van der Waals surface area contributed by atoms with Gasteiger partial charge >= 0.3 is 0 Å². The Bertz CT molecular complexity index is 696. The van der Waals surface area contributed by atoms with E-state index in [2.05, 4.69) is 13.8 Å². The quantitative estimate of drug-likeness (QED) is 0.720.